The van der Waals surface area contributed by atoms with Gasteiger partial charge in [-0.1, -0.05) is 22.8 Å². The van der Waals surface area contributed by atoms with Gasteiger partial charge in [0.25, 0.3) is 5.89 Å². The predicted molar refractivity (Wildman–Crippen MR) is 112 cm³/mol. The quantitative estimate of drug-likeness (QED) is 0.537. The maximum Gasteiger partial charge on any atom is 0.303 e. The maximum atomic E-state index is 14.3. The maximum absolute atomic E-state index is 14.3. The number of hydrogen-bond acceptors (Lipinski definition) is 6. The summed E-state index contributed by atoms with van der Waals surface area (Å²) in [6, 6.07) is 4.38. The molecule has 1 aromatic carbocycles. The lowest BCUT2D eigenvalue weighted by Gasteiger charge is -2.10. The van der Waals surface area contributed by atoms with Crippen molar-refractivity contribution in [2.75, 3.05) is 0 Å². The second-order valence-electron chi connectivity index (χ2n) is 7.41. The van der Waals surface area contributed by atoms with Crippen molar-refractivity contribution in [3.05, 3.63) is 52.4 Å². The number of pyridine rings is 1. The summed E-state index contributed by atoms with van der Waals surface area (Å²) in [5.41, 5.74) is 3.34. The first-order valence-electron chi connectivity index (χ1n) is 9.72. The van der Waals surface area contributed by atoms with Crippen LogP contribution in [0.1, 0.15) is 37.8 Å². The van der Waals surface area contributed by atoms with E-state index < -0.39 is 11.8 Å². The Balaban J connectivity index is 1.64. The summed E-state index contributed by atoms with van der Waals surface area (Å²) in [6.45, 7) is 3.74. The summed E-state index contributed by atoms with van der Waals surface area (Å²) < 4.78 is 25.2. The Kier molecular flexibility index (Phi) is 5.73. The summed E-state index contributed by atoms with van der Waals surface area (Å²) >= 11 is 6.24. The van der Waals surface area contributed by atoms with E-state index in [1.165, 1.54) is 18.3 Å². The molecule has 2 heterocycles. The van der Waals surface area contributed by atoms with E-state index in [-0.39, 0.29) is 24.2 Å². The number of aliphatic carboxylic acids is 1. The lowest BCUT2D eigenvalue weighted by molar-refractivity contribution is -0.136. The lowest BCUT2D eigenvalue weighted by atomic mass is 9.97. The second-order valence-corrected chi connectivity index (χ2v) is 7.81. The third kappa shape index (κ3) is 4.44. The first kappa shape index (κ1) is 21.0. The number of ether oxygens (including phenoxy) is 1. The van der Waals surface area contributed by atoms with Crippen LogP contribution < -0.4 is 4.74 Å². The summed E-state index contributed by atoms with van der Waals surface area (Å²) in [7, 11) is 0. The van der Waals surface area contributed by atoms with E-state index in [1.807, 2.05) is 19.9 Å². The Labute approximate surface area is 182 Å². The average Bonchev–Trinajstić information content (AvgIpc) is 3.34. The van der Waals surface area contributed by atoms with Crippen LogP contribution in [0.15, 0.2) is 35.0 Å². The largest absolute Gasteiger partial charge is 0.481 e. The van der Waals surface area contributed by atoms with Crippen molar-refractivity contribution in [2.45, 2.75) is 39.2 Å². The predicted octanol–water partition coefficient (Wildman–Crippen LogP) is 5.18. The molecular formula is C22H19ClFN3O4. The van der Waals surface area contributed by atoms with Crippen molar-refractivity contribution >= 4 is 23.1 Å². The Morgan fingerprint density at radius 3 is 2.81 bits per heavy atom. The highest BCUT2D eigenvalue weighted by Gasteiger charge is 2.23. The zero-order valence-electron chi connectivity index (χ0n) is 16.9. The van der Waals surface area contributed by atoms with Crippen LogP contribution >= 0.6 is 11.6 Å². The number of fused-ring (bicyclic) bond motifs is 1. The standard InChI is InChI=1S/C22H19ClFN3O4/c1-11(2)30-22-18(23)7-13(10-25-22)21-26-20(27-31-21)17-9-14(24)8-16-12(3-5-15(16)17)4-6-19(28)29/h3,7-11H,4-6H2,1-2H3,(H,28,29). The second kappa shape index (κ2) is 8.47. The van der Waals surface area contributed by atoms with Crippen LogP contribution in [0.2, 0.25) is 5.02 Å². The SMILES string of the molecule is CC(C)Oc1ncc(-c2nc(-c3cc(F)cc4c3CC=C4CCC(=O)O)no2)cc1Cl. The molecule has 160 valence electrons. The molecule has 0 fully saturated rings. The van der Waals surface area contributed by atoms with Gasteiger partial charge < -0.3 is 14.4 Å². The summed E-state index contributed by atoms with van der Waals surface area (Å²) in [4.78, 5) is 19.5. The molecule has 0 unspecified atom stereocenters. The molecule has 0 spiro atoms. The van der Waals surface area contributed by atoms with Gasteiger partial charge in [0.1, 0.15) is 10.8 Å². The fourth-order valence-corrected chi connectivity index (χ4v) is 3.67. The van der Waals surface area contributed by atoms with Gasteiger partial charge in [-0.25, -0.2) is 9.37 Å². The number of rotatable bonds is 7. The van der Waals surface area contributed by atoms with Crippen LogP contribution in [0.3, 0.4) is 0 Å². The van der Waals surface area contributed by atoms with Gasteiger partial charge in [0, 0.05) is 18.2 Å². The zero-order chi connectivity index (χ0) is 22.1. The van der Waals surface area contributed by atoms with Gasteiger partial charge in [0.05, 0.1) is 11.7 Å². The van der Waals surface area contributed by atoms with E-state index in [9.17, 15) is 9.18 Å². The minimum absolute atomic E-state index is 0.0201. The van der Waals surface area contributed by atoms with Crippen molar-refractivity contribution in [3.8, 4) is 28.7 Å². The van der Waals surface area contributed by atoms with Crippen molar-refractivity contribution in [1.82, 2.24) is 15.1 Å². The smallest absolute Gasteiger partial charge is 0.303 e. The fourth-order valence-electron chi connectivity index (χ4n) is 3.46. The van der Waals surface area contributed by atoms with E-state index in [4.69, 9.17) is 26.0 Å². The highest BCUT2D eigenvalue weighted by atomic mass is 35.5. The fraction of sp³-hybridized carbons (Fsp3) is 0.273. The number of carboxylic acid groups (broad SMARTS) is 1. The molecule has 2 aromatic heterocycles. The van der Waals surface area contributed by atoms with E-state index >= 15 is 0 Å². The van der Waals surface area contributed by atoms with Crippen molar-refractivity contribution in [3.63, 3.8) is 0 Å². The van der Waals surface area contributed by atoms with E-state index in [1.54, 1.807) is 6.07 Å². The van der Waals surface area contributed by atoms with Gasteiger partial charge in [0.15, 0.2) is 0 Å². The van der Waals surface area contributed by atoms with Gasteiger partial charge in [0.2, 0.25) is 11.7 Å². The summed E-state index contributed by atoms with van der Waals surface area (Å²) in [5.74, 6) is -0.620. The first-order chi connectivity index (χ1) is 14.8. The molecule has 0 aliphatic heterocycles. The van der Waals surface area contributed by atoms with Gasteiger partial charge in [-0.3, -0.25) is 4.79 Å². The molecule has 1 aliphatic carbocycles. The number of benzene rings is 1. The molecule has 0 atom stereocenters. The minimum atomic E-state index is -0.897. The molecule has 7 nitrogen and oxygen atoms in total. The third-order valence-electron chi connectivity index (χ3n) is 4.79. The van der Waals surface area contributed by atoms with Crippen molar-refractivity contribution in [2.24, 2.45) is 0 Å². The van der Waals surface area contributed by atoms with Crippen molar-refractivity contribution in [1.29, 1.82) is 0 Å². The molecule has 0 saturated heterocycles. The zero-order valence-corrected chi connectivity index (χ0v) is 17.6. The first-order valence-corrected chi connectivity index (χ1v) is 10.1. The van der Waals surface area contributed by atoms with Crippen LogP contribution in [-0.4, -0.2) is 32.3 Å². The Morgan fingerprint density at radius 1 is 1.32 bits per heavy atom. The Bertz CT molecular complexity index is 1190. The molecule has 0 amide bonds. The highest BCUT2D eigenvalue weighted by molar-refractivity contribution is 6.32. The van der Waals surface area contributed by atoms with Gasteiger partial charge >= 0.3 is 5.97 Å². The number of halogens is 2. The van der Waals surface area contributed by atoms with Gasteiger partial charge in [-0.05, 0) is 61.6 Å². The molecule has 4 rings (SSSR count). The van der Waals surface area contributed by atoms with Crippen LogP contribution in [0.25, 0.3) is 28.4 Å². The summed E-state index contributed by atoms with van der Waals surface area (Å²) in [6.07, 6.45) is 4.20. The minimum Gasteiger partial charge on any atom is -0.481 e. The Hall–Kier alpha value is -3.26. The number of aromatic nitrogens is 3. The molecule has 0 bridgehead atoms. The van der Waals surface area contributed by atoms with Gasteiger partial charge in [-0.2, -0.15) is 4.98 Å². The molecule has 1 N–H and O–H groups in total. The molecule has 0 saturated carbocycles. The number of nitrogens with zero attached hydrogens (tertiary/aromatic N) is 3. The molecule has 3 aromatic rings. The van der Waals surface area contributed by atoms with Crippen LogP contribution in [-0.2, 0) is 11.2 Å². The number of allylic oxidation sites excluding steroid dienone is 2. The van der Waals surface area contributed by atoms with Gasteiger partial charge in [-0.15, -0.1) is 0 Å². The van der Waals surface area contributed by atoms with Crippen LogP contribution in [0, 0.1) is 5.82 Å². The van der Waals surface area contributed by atoms with Crippen LogP contribution in [0.5, 0.6) is 5.88 Å². The molecule has 31 heavy (non-hydrogen) atoms. The topological polar surface area (TPSA) is 98.3 Å². The molecule has 1 aliphatic rings. The number of carboxylic acids is 1. The van der Waals surface area contributed by atoms with Crippen LogP contribution in [0.4, 0.5) is 4.39 Å². The summed E-state index contributed by atoms with van der Waals surface area (Å²) in [5, 5.41) is 13.3. The van der Waals surface area contributed by atoms with E-state index in [0.29, 0.717) is 40.4 Å². The van der Waals surface area contributed by atoms with Crippen molar-refractivity contribution < 1.29 is 23.6 Å². The Morgan fingerprint density at radius 2 is 2.10 bits per heavy atom. The number of carbonyl (C=O) groups is 1. The normalized spacial score (nSPS) is 12.7. The lowest BCUT2D eigenvalue weighted by Crippen LogP contribution is -2.07. The van der Waals surface area contributed by atoms with E-state index in [2.05, 4.69) is 15.1 Å². The molecular weight excluding hydrogens is 425 g/mol. The monoisotopic (exact) mass is 443 g/mol. The molecule has 9 heteroatoms. The third-order valence-corrected chi connectivity index (χ3v) is 5.06. The molecule has 0 radical (unpaired) electrons. The highest BCUT2D eigenvalue weighted by Crippen LogP contribution is 2.38. The van der Waals surface area contributed by atoms with E-state index in [0.717, 1.165) is 11.1 Å². The number of hydrogen-bond donors (Lipinski definition) is 1. The average molecular weight is 444 g/mol.